The topological polar surface area (TPSA) is 70.1 Å². The summed E-state index contributed by atoms with van der Waals surface area (Å²) in [5.41, 5.74) is 7.81. The normalized spacial score (nSPS) is 11.6. The van der Waals surface area contributed by atoms with Crippen LogP contribution in [0.1, 0.15) is 42.0 Å². The predicted octanol–water partition coefficient (Wildman–Crippen LogP) is 2.66. The molecule has 0 aliphatic heterocycles. The van der Waals surface area contributed by atoms with E-state index in [9.17, 15) is 4.79 Å². The number of thiazole rings is 1. The van der Waals surface area contributed by atoms with Crippen LogP contribution in [0, 0.1) is 0 Å². The standard InChI is InChI=1S/C14H19N3O2S/c1-14(2,3)11-8-20-12(16-11)7-17-6-9(15)5-10(17)13(18)19-4/h5-6,8H,7,15H2,1-4H3. The zero-order valence-electron chi connectivity index (χ0n) is 12.1. The van der Waals surface area contributed by atoms with Crippen LogP contribution in [0.2, 0.25) is 0 Å². The molecule has 20 heavy (non-hydrogen) atoms. The molecule has 0 fully saturated rings. The lowest BCUT2D eigenvalue weighted by Crippen LogP contribution is -2.13. The van der Waals surface area contributed by atoms with Gasteiger partial charge in [-0.1, -0.05) is 20.8 Å². The highest BCUT2D eigenvalue weighted by atomic mass is 32.1. The Labute approximate surface area is 122 Å². The SMILES string of the molecule is COC(=O)c1cc(N)cn1Cc1nc(C(C)(C)C)cs1. The van der Waals surface area contributed by atoms with Crippen molar-refractivity contribution in [1.82, 2.24) is 9.55 Å². The minimum Gasteiger partial charge on any atom is -0.464 e. The van der Waals surface area contributed by atoms with Crippen molar-refractivity contribution in [2.24, 2.45) is 0 Å². The van der Waals surface area contributed by atoms with E-state index in [1.807, 2.05) is 0 Å². The Morgan fingerprint density at radius 2 is 2.20 bits per heavy atom. The number of nitrogens with zero attached hydrogens (tertiary/aromatic N) is 2. The molecule has 0 unspecified atom stereocenters. The number of hydrogen-bond donors (Lipinski definition) is 1. The Bertz CT molecular complexity index is 623. The highest BCUT2D eigenvalue weighted by Gasteiger charge is 2.19. The van der Waals surface area contributed by atoms with Crippen molar-refractivity contribution in [2.75, 3.05) is 12.8 Å². The molecule has 0 spiro atoms. The van der Waals surface area contributed by atoms with E-state index < -0.39 is 5.97 Å². The summed E-state index contributed by atoms with van der Waals surface area (Å²) in [6.45, 7) is 6.89. The number of rotatable bonds is 3. The largest absolute Gasteiger partial charge is 0.464 e. The van der Waals surface area contributed by atoms with E-state index in [0.717, 1.165) is 10.7 Å². The van der Waals surface area contributed by atoms with Crippen LogP contribution in [0.25, 0.3) is 0 Å². The molecule has 0 amide bonds. The molecule has 2 heterocycles. The van der Waals surface area contributed by atoms with Crippen molar-refractivity contribution in [3.05, 3.63) is 34.0 Å². The van der Waals surface area contributed by atoms with Crippen molar-refractivity contribution < 1.29 is 9.53 Å². The Kier molecular flexibility index (Phi) is 3.85. The van der Waals surface area contributed by atoms with E-state index in [0.29, 0.717) is 17.9 Å². The number of carbonyl (C=O) groups excluding carboxylic acids is 1. The van der Waals surface area contributed by atoms with Crippen LogP contribution in [0.4, 0.5) is 5.69 Å². The maximum Gasteiger partial charge on any atom is 0.354 e. The second kappa shape index (κ2) is 5.28. The van der Waals surface area contributed by atoms with E-state index in [1.54, 1.807) is 28.2 Å². The lowest BCUT2D eigenvalue weighted by atomic mass is 9.93. The van der Waals surface area contributed by atoms with Crippen molar-refractivity contribution in [1.29, 1.82) is 0 Å². The molecule has 2 aromatic heterocycles. The van der Waals surface area contributed by atoms with Crippen LogP contribution in [0.5, 0.6) is 0 Å². The van der Waals surface area contributed by atoms with E-state index in [1.165, 1.54) is 7.11 Å². The lowest BCUT2D eigenvalue weighted by molar-refractivity contribution is 0.0589. The van der Waals surface area contributed by atoms with Gasteiger partial charge in [-0.05, 0) is 6.07 Å². The van der Waals surface area contributed by atoms with Crippen LogP contribution in [0.3, 0.4) is 0 Å². The van der Waals surface area contributed by atoms with Gasteiger partial charge < -0.3 is 15.0 Å². The van der Waals surface area contributed by atoms with Gasteiger partial charge in [-0.15, -0.1) is 11.3 Å². The Balaban J connectivity index is 2.26. The number of aromatic nitrogens is 2. The second-order valence-electron chi connectivity index (χ2n) is 5.65. The van der Waals surface area contributed by atoms with Gasteiger partial charge in [0.25, 0.3) is 0 Å². The zero-order chi connectivity index (χ0) is 14.9. The number of ether oxygens (including phenoxy) is 1. The summed E-state index contributed by atoms with van der Waals surface area (Å²) in [5, 5.41) is 3.00. The second-order valence-corrected chi connectivity index (χ2v) is 6.60. The van der Waals surface area contributed by atoms with Crippen LogP contribution in [0.15, 0.2) is 17.6 Å². The summed E-state index contributed by atoms with van der Waals surface area (Å²) in [5.74, 6) is -0.394. The fourth-order valence-electron chi connectivity index (χ4n) is 1.81. The predicted molar refractivity (Wildman–Crippen MR) is 80.1 cm³/mol. The van der Waals surface area contributed by atoms with Crippen molar-refractivity contribution in [3.8, 4) is 0 Å². The Morgan fingerprint density at radius 1 is 1.50 bits per heavy atom. The van der Waals surface area contributed by atoms with E-state index in [-0.39, 0.29) is 5.41 Å². The van der Waals surface area contributed by atoms with Gasteiger partial charge in [-0.3, -0.25) is 0 Å². The third-order valence-corrected chi connectivity index (χ3v) is 3.77. The molecular formula is C14H19N3O2S. The van der Waals surface area contributed by atoms with Gasteiger partial charge in [0.15, 0.2) is 0 Å². The number of anilines is 1. The first-order valence-corrected chi connectivity index (χ1v) is 7.18. The molecule has 108 valence electrons. The summed E-state index contributed by atoms with van der Waals surface area (Å²) < 4.78 is 6.53. The lowest BCUT2D eigenvalue weighted by Gasteiger charge is -2.14. The third-order valence-electron chi connectivity index (χ3n) is 2.94. The van der Waals surface area contributed by atoms with Crippen LogP contribution in [-0.2, 0) is 16.7 Å². The summed E-state index contributed by atoms with van der Waals surface area (Å²) >= 11 is 1.58. The third kappa shape index (κ3) is 3.01. The molecular weight excluding hydrogens is 274 g/mol. The van der Waals surface area contributed by atoms with E-state index >= 15 is 0 Å². The molecule has 2 rings (SSSR count). The molecule has 2 N–H and O–H groups in total. The van der Waals surface area contributed by atoms with Crippen molar-refractivity contribution in [2.45, 2.75) is 32.7 Å². The molecule has 0 radical (unpaired) electrons. The van der Waals surface area contributed by atoms with Crippen molar-refractivity contribution >= 4 is 23.0 Å². The van der Waals surface area contributed by atoms with E-state index in [2.05, 4.69) is 31.1 Å². The molecule has 6 heteroatoms. The maximum atomic E-state index is 11.7. The van der Waals surface area contributed by atoms with Gasteiger partial charge in [0, 0.05) is 17.0 Å². The van der Waals surface area contributed by atoms with Crippen LogP contribution < -0.4 is 5.73 Å². The molecule has 0 saturated carbocycles. The number of esters is 1. The highest BCUT2D eigenvalue weighted by Crippen LogP contribution is 2.25. The molecule has 0 atom stereocenters. The number of nitrogens with two attached hydrogens (primary N) is 1. The molecule has 0 bridgehead atoms. The van der Waals surface area contributed by atoms with Crippen molar-refractivity contribution in [3.63, 3.8) is 0 Å². The molecule has 0 aliphatic carbocycles. The number of nitrogen functional groups attached to an aromatic ring is 1. The number of carbonyl (C=O) groups is 1. The number of hydrogen-bond acceptors (Lipinski definition) is 5. The van der Waals surface area contributed by atoms with Gasteiger partial charge >= 0.3 is 5.97 Å². The highest BCUT2D eigenvalue weighted by molar-refractivity contribution is 7.09. The fourth-order valence-corrected chi connectivity index (χ4v) is 2.83. The molecule has 2 aromatic rings. The zero-order valence-corrected chi connectivity index (χ0v) is 13.0. The van der Waals surface area contributed by atoms with Gasteiger partial charge in [0.05, 0.1) is 25.0 Å². The van der Waals surface area contributed by atoms with Crippen LogP contribution >= 0.6 is 11.3 Å². The summed E-state index contributed by atoms with van der Waals surface area (Å²) in [4.78, 5) is 16.3. The summed E-state index contributed by atoms with van der Waals surface area (Å²) in [6, 6.07) is 1.62. The summed E-state index contributed by atoms with van der Waals surface area (Å²) in [6.07, 6.45) is 1.73. The van der Waals surface area contributed by atoms with Gasteiger partial charge in [-0.2, -0.15) is 0 Å². The minimum absolute atomic E-state index is 0.0235. The first kappa shape index (κ1) is 14.6. The van der Waals surface area contributed by atoms with Gasteiger partial charge in [0.1, 0.15) is 10.7 Å². The first-order valence-electron chi connectivity index (χ1n) is 6.30. The maximum absolute atomic E-state index is 11.7. The number of methoxy groups -OCH3 is 1. The summed E-state index contributed by atoms with van der Waals surface area (Å²) in [7, 11) is 1.36. The molecule has 0 aliphatic rings. The molecule has 0 saturated heterocycles. The first-order chi connectivity index (χ1) is 9.31. The quantitative estimate of drug-likeness (QED) is 0.883. The average molecular weight is 293 g/mol. The Morgan fingerprint density at radius 3 is 2.75 bits per heavy atom. The molecule has 0 aromatic carbocycles. The van der Waals surface area contributed by atoms with E-state index in [4.69, 9.17) is 10.5 Å². The van der Waals surface area contributed by atoms with Gasteiger partial charge in [-0.25, -0.2) is 9.78 Å². The molecule has 5 nitrogen and oxygen atoms in total. The average Bonchev–Trinajstić information content (AvgIpc) is 2.95. The van der Waals surface area contributed by atoms with Crippen LogP contribution in [-0.4, -0.2) is 22.6 Å². The van der Waals surface area contributed by atoms with Gasteiger partial charge in [0.2, 0.25) is 0 Å². The Hall–Kier alpha value is -1.82. The smallest absolute Gasteiger partial charge is 0.354 e. The monoisotopic (exact) mass is 293 g/mol. The minimum atomic E-state index is -0.394. The fraction of sp³-hybridized carbons (Fsp3) is 0.429.